The van der Waals surface area contributed by atoms with Crippen molar-refractivity contribution in [3.63, 3.8) is 0 Å². The smallest absolute Gasteiger partial charge is 0.265 e. The van der Waals surface area contributed by atoms with Gasteiger partial charge in [0.15, 0.2) is 0 Å². The van der Waals surface area contributed by atoms with Gasteiger partial charge >= 0.3 is 0 Å². The minimum Gasteiger partial charge on any atom is -0.468 e. The highest BCUT2D eigenvalue weighted by atomic mass is 32.2. The minimum atomic E-state index is -3.65. The lowest BCUT2D eigenvalue weighted by Gasteiger charge is -2.12. The van der Waals surface area contributed by atoms with Crippen molar-refractivity contribution in [1.82, 2.24) is 15.2 Å². The third-order valence-electron chi connectivity index (χ3n) is 2.77. The number of carbonyl (C=O) groups is 1. The Labute approximate surface area is 128 Å². The molecule has 8 heteroatoms. The number of amides is 1. The Morgan fingerprint density at radius 2 is 1.86 bits per heavy atom. The first-order valence-electron chi connectivity index (χ1n) is 6.49. The summed E-state index contributed by atoms with van der Waals surface area (Å²) in [5.74, 6) is 0.211. The second kappa shape index (κ2) is 6.73. The van der Waals surface area contributed by atoms with Gasteiger partial charge in [-0.1, -0.05) is 0 Å². The highest BCUT2D eigenvalue weighted by Gasteiger charge is 2.15. The molecule has 1 heterocycles. The number of nitrogens with zero attached hydrogens (tertiary/aromatic N) is 1. The van der Waals surface area contributed by atoms with Crippen LogP contribution in [-0.2, 0) is 16.6 Å². The average Bonchev–Trinajstić information content (AvgIpc) is 2.98. The van der Waals surface area contributed by atoms with Gasteiger partial charge in [0.05, 0.1) is 17.7 Å². The van der Waals surface area contributed by atoms with Gasteiger partial charge in [0, 0.05) is 19.7 Å². The van der Waals surface area contributed by atoms with Crippen molar-refractivity contribution in [2.24, 2.45) is 0 Å². The van der Waals surface area contributed by atoms with E-state index in [0.29, 0.717) is 11.3 Å². The summed E-state index contributed by atoms with van der Waals surface area (Å²) in [5, 5.41) is 1.51. The maximum Gasteiger partial charge on any atom is 0.265 e. The van der Waals surface area contributed by atoms with Crippen LogP contribution in [0.25, 0.3) is 0 Å². The maximum absolute atomic E-state index is 12.1. The van der Waals surface area contributed by atoms with Crippen LogP contribution >= 0.6 is 0 Å². The minimum absolute atomic E-state index is 0.0677. The van der Waals surface area contributed by atoms with Gasteiger partial charge in [0.2, 0.25) is 10.0 Å². The normalized spacial score (nSPS) is 11.6. The van der Waals surface area contributed by atoms with Crippen molar-refractivity contribution < 1.29 is 17.6 Å². The molecule has 0 aliphatic rings. The molecule has 2 N–H and O–H groups in total. The van der Waals surface area contributed by atoms with E-state index < -0.39 is 10.0 Å². The Bertz CT molecular complexity index is 722. The molecule has 118 valence electrons. The summed E-state index contributed by atoms with van der Waals surface area (Å²) in [6.07, 6.45) is 1.47. The lowest BCUT2D eigenvalue weighted by Crippen LogP contribution is -2.36. The zero-order chi connectivity index (χ0) is 16.2. The van der Waals surface area contributed by atoms with Gasteiger partial charge in [-0.25, -0.2) is 18.1 Å². The fourth-order valence-electron chi connectivity index (χ4n) is 1.72. The third kappa shape index (κ3) is 4.17. The molecule has 0 fully saturated rings. The van der Waals surface area contributed by atoms with E-state index in [4.69, 9.17) is 4.42 Å². The summed E-state index contributed by atoms with van der Waals surface area (Å²) in [5.41, 5.74) is 2.95. The molecule has 0 radical (unpaired) electrons. The molecule has 0 saturated carbocycles. The predicted molar refractivity (Wildman–Crippen MR) is 80.3 cm³/mol. The van der Waals surface area contributed by atoms with Crippen LogP contribution in [0, 0.1) is 0 Å². The first kappa shape index (κ1) is 16.2. The monoisotopic (exact) mass is 323 g/mol. The number of sulfonamides is 1. The van der Waals surface area contributed by atoms with E-state index in [-0.39, 0.29) is 17.3 Å². The van der Waals surface area contributed by atoms with Crippen LogP contribution in [0.15, 0.2) is 52.0 Å². The number of benzene rings is 1. The van der Waals surface area contributed by atoms with Crippen LogP contribution in [0.2, 0.25) is 0 Å². The summed E-state index contributed by atoms with van der Waals surface area (Å²) < 4.78 is 31.7. The Hall–Kier alpha value is -2.16. The maximum atomic E-state index is 12.1. The number of hydrogen-bond donors (Lipinski definition) is 2. The molecule has 22 heavy (non-hydrogen) atoms. The van der Waals surface area contributed by atoms with Crippen molar-refractivity contribution in [2.45, 2.75) is 11.4 Å². The number of rotatable bonds is 6. The van der Waals surface area contributed by atoms with Gasteiger partial charge in [-0.15, -0.1) is 0 Å². The standard InChI is InChI=1S/C14H17N3O4S/c1-17(2)16-14(18)11-5-7-13(8-6-11)22(19,20)15-10-12-4-3-9-21-12/h3-9,15H,10H2,1-2H3,(H,16,18). The topological polar surface area (TPSA) is 91.7 Å². The SMILES string of the molecule is CN(C)NC(=O)c1ccc(S(=O)(=O)NCc2ccco2)cc1. The molecule has 0 saturated heterocycles. The number of nitrogens with one attached hydrogen (secondary N) is 2. The Kier molecular flexibility index (Phi) is 4.96. The van der Waals surface area contributed by atoms with E-state index in [2.05, 4.69) is 10.1 Å². The molecule has 0 aliphatic carbocycles. The second-order valence-electron chi connectivity index (χ2n) is 4.76. The van der Waals surface area contributed by atoms with E-state index in [1.807, 2.05) is 0 Å². The van der Waals surface area contributed by atoms with Crippen molar-refractivity contribution in [3.05, 3.63) is 54.0 Å². The lowest BCUT2D eigenvalue weighted by atomic mass is 10.2. The second-order valence-corrected chi connectivity index (χ2v) is 6.53. The molecule has 1 amide bonds. The molecule has 0 aliphatic heterocycles. The zero-order valence-electron chi connectivity index (χ0n) is 12.2. The van der Waals surface area contributed by atoms with E-state index in [9.17, 15) is 13.2 Å². The van der Waals surface area contributed by atoms with E-state index in [1.165, 1.54) is 35.5 Å². The number of carbonyl (C=O) groups excluding carboxylic acids is 1. The van der Waals surface area contributed by atoms with Gasteiger partial charge in [-0.2, -0.15) is 0 Å². The molecule has 0 unspecified atom stereocenters. The summed E-state index contributed by atoms with van der Waals surface area (Å²) >= 11 is 0. The summed E-state index contributed by atoms with van der Waals surface area (Å²) in [4.78, 5) is 11.9. The fourth-order valence-corrected chi connectivity index (χ4v) is 2.71. The van der Waals surface area contributed by atoms with E-state index in [0.717, 1.165) is 0 Å². The largest absolute Gasteiger partial charge is 0.468 e. The summed E-state index contributed by atoms with van der Waals surface area (Å²) in [7, 11) is -0.274. The quantitative estimate of drug-likeness (QED) is 0.773. The van der Waals surface area contributed by atoms with Crippen molar-refractivity contribution in [2.75, 3.05) is 14.1 Å². The van der Waals surface area contributed by atoms with Crippen LogP contribution < -0.4 is 10.1 Å². The lowest BCUT2D eigenvalue weighted by molar-refractivity contribution is 0.0857. The Morgan fingerprint density at radius 3 is 2.41 bits per heavy atom. The van der Waals surface area contributed by atoms with Gasteiger partial charge in [0.1, 0.15) is 5.76 Å². The molecule has 2 aromatic rings. The zero-order valence-corrected chi connectivity index (χ0v) is 13.1. The molecule has 0 spiro atoms. The Balaban J connectivity index is 2.06. The number of furan rings is 1. The average molecular weight is 323 g/mol. The van der Waals surface area contributed by atoms with Gasteiger partial charge in [0.25, 0.3) is 5.91 Å². The van der Waals surface area contributed by atoms with Crippen LogP contribution in [0.5, 0.6) is 0 Å². The van der Waals surface area contributed by atoms with Crippen LogP contribution in [0.3, 0.4) is 0 Å². The fraction of sp³-hybridized carbons (Fsp3) is 0.214. The number of hydrogen-bond acceptors (Lipinski definition) is 5. The molecule has 0 atom stereocenters. The van der Waals surface area contributed by atoms with Crippen LogP contribution in [0.4, 0.5) is 0 Å². The van der Waals surface area contributed by atoms with Crippen molar-refractivity contribution in [1.29, 1.82) is 0 Å². The van der Waals surface area contributed by atoms with Gasteiger partial charge in [-0.05, 0) is 36.4 Å². The van der Waals surface area contributed by atoms with Crippen LogP contribution in [0.1, 0.15) is 16.1 Å². The first-order chi connectivity index (χ1) is 10.4. The molecule has 0 bridgehead atoms. The van der Waals surface area contributed by atoms with Crippen molar-refractivity contribution >= 4 is 15.9 Å². The van der Waals surface area contributed by atoms with Crippen molar-refractivity contribution in [3.8, 4) is 0 Å². The van der Waals surface area contributed by atoms with E-state index >= 15 is 0 Å². The predicted octanol–water partition coefficient (Wildman–Crippen LogP) is 0.964. The van der Waals surface area contributed by atoms with Gasteiger partial charge < -0.3 is 4.42 Å². The van der Waals surface area contributed by atoms with E-state index in [1.54, 1.807) is 26.2 Å². The highest BCUT2D eigenvalue weighted by Crippen LogP contribution is 2.11. The molecular weight excluding hydrogens is 306 g/mol. The molecular formula is C14H17N3O4S. The molecule has 1 aromatic carbocycles. The van der Waals surface area contributed by atoms with Crippen LogP contribution in [-0.4, -0.2) is 33.4 Å². The molecule has 1 aromatic heterocycles. The summed E-state index contributed by atoms with van der Waals surface area (Å²) in [6.45, 7) is 0.0677. The third-order valence-corrected chi connectivity index (χ3v) is 4.19. The summed E-state index contributed by atoms with van der Waals surface area (Å²) in [6, 6.07) is 9.05. The molecule has 7 nitrogen and oxygen atoms in total. The molecule has 2 rings (SSSR count). The first-order valence-corrected chi connectivity index (χ1v) is 7.97. The Morgan fingerprint density at radius 1 is 1.18 bits per heavy atom. The highest BCUT2D eigenvalue weighted by molar-refractivity contribution is 7.89. The number of hydrazine groups is 1. The van der Waals surface area contributed by atoms with Gasteiger partial charge in [-0.3, -0.25) is 10.2 Å².